The van der Waals surface area contributed by atoms with E-state index in [4.69, 9.17) is 14.7 Å². The lowest BCUT2D eigenvalue weighted by molar-refractivity contribution is -0.385. The Morgan fingerprint density at radius 3 is 2.40 bits per heavy atom. The lowest BCUT2D eigenvalue weighted by Crippen LogP contribution is -2.06. The first kappa shape index (κ1) is 18.0. The number of nitro groups is 1. The van der Waals surface area contributed by atoms with Gasteiger partial charge in [0.1, 0.15) is 0 Å². The Kier molecular flexibility index (Phi) is 5.11. The minimum Gasteiger partial charge on any atom is -0.493 e. The zero-order valence-corrected chi connectivity index (χ0v) is 12.6. The highest BCUT2D eigenvalue weighted by atomic mass is 19.4. The highest BCUT2D eigenvalue weighted by Crippen LogP contribution is 2.40. The van der Waals surface area contributed by atoms with Crippen molar-refractivity contribution >= 4 is 11.9 Å². The number of hydrogen-bond donors (Lipinski definition) is 1. The van der Waals surface area contributed by atoms with Crippen LogP contribution in [0, 0.1) is 10.1 Å². The van der Waals surface area contributed by atoms with Crippen molar-refractivity contribution in [1.29, 1.82) is 0 Å². The fraction of sp³-hybridized carbons (Fsp3) is 0.133. The molecule has 2 aromatic rings. The molecular weight excluding hydrogens is 345 g/mol. The fourth-order valence-electron chi connectivity index (χ4n) is 1.96. The van der Waals surface area contributed by atoms with Gasteiger partial charge in [-0.2, -0.15) is 13.2 Å². The van der Waals surface area contributed by atoms with Gasteiger partial charge >= 0.3 is 11.9 Å². The Balaban J connectivity index is 2.45. The Labute approximate surface area is 139 Å². The second-order valence-electron chi connectivity index (χ2n) is 4.69. The molecule has 7 nitrogen and oxygen atoms in total. The fourth-order valence-corrected chi connectivity index (χ4v) is 1.96. The minimum atomic E-state index is -4.72. The smallest absolute Gasteiger partial charge is 0.416 e. The molecule has 2 rings (SSSR count). The summed E-state index contributed by atoms with van der Waals surface area (Å²) in [5, 5.41) is 22.4. The van der Waals surface area contributed by atoms with Crippen LogP contribution in [0.4, 0.5) is 18.9 Å². The van der Waals surface area contributed by atoms with Gasteiger partial charge in [-0.25, -0.2) is 0 Å². The third-order valence-corrected chi connectivity index (χ3v) is 3.10. The monoisotopic (exact) mass is 356 g/mol. The van der Waals surface area contributed by atoms with E-state index in [1.807, 2.05) is 0 Å². The van der Waals surface area contributed by atoms with Crippen LogP contribution in [-0.2, 0) is 6.18 Å². The van der Waals surface area contributed by atoms with Crippen LogP contribution in [0.1, 0.15) is 11.1 Å². The predicted octanol–water partition coefficient (Wildman–Crippen LogP) is 4.22. The quantitative estimate of drug-likeness (QED) is 0.375. The van der Waals surface area contributed by atoms with Gasteiger partial charge in [-0.15, -0.1) is 0 Å². The van der Waals surface area contributed by atoms with Crippen molar-refractivity contribution < 1.29 is 32.8 Å². The first-order valence-electron chi connectivity index (χ1n) is 6.65. The molecule has 0 unspecified atom stereocenters. The molecule has 1 N–H and O–H groups in total. The largest absolute Gasteiger partial charge is 0.493 e. The highest BCUT2D eigenvalue weighted by Gasteiger charge is 2.33. The Hall–Kier alpha value is -3.30. The van der Waals surface area contributed by atoms with Gasteiger partial charge in [-0.1, -0.05) is 5.16 Å². The number of nitrogens with zero attached hydrogens (tertiary/aromatic N) is 2. The third-order valence-electron chi connectivity index (χ3n) is 3.10. The van der Waals surface area contributed by atoms with Gasteiger partial charge < -0.3 is 14.7 Å². The van der Waals surface area contributed by atoms with Crippen molar-refractivity contribution in [3.05, 3.63) is 57.6 Å². The van der Waals surface area contributed by atoms with Gasteiger partial charge in [0.25, 0.3) is 0 Å². The van der Waals surface area contributed by atoms with E-state index in [2.05, 4.69) is 5.16 Å². The van der Waals surface area contributed by atoms with E-state index in [0.717, 1.165) is 12.3 Å². The van der Waals surface area contributed by atoms with Gasteiger partial charge in [0.2, 0.25) is 5.75 Å². The maximum absolute atomic E-state index is 12.7. The lowest BCUT2D eigenvalue weighted by atomic mass is 10.1. The topological polar surface area (TPSA) is 94.2 Å². The van der Waals surface area contributed by atoms with Crippen LogP contribution in [0.3, 0.4) is 0 Å². The number of methoxy groups -OCH3 is 1. The van der Waals surface area contributed by atoms with Crippen molar-refractivity contribution in [2.24, 2.45) is 5.16 Å². The average Bonchev–Trinajstić information content (AvgIpc) is 2.55. The highest BCUT2D eigenvalue weighted by molar-refractivity contribution is 5.80. The molecule has 0 aliphatic carbocycles. The Morgan fingerprint density at radius 1 is 1.16 bits per heavy atom. The second-order valence-corrected chi connectivity index (χ2v) is 4.69. The van der Waals surface area contributed by atoms with Crippen LogP contribution >= 0.6 is 0 Å². The average molecular weight is 356 g/mol. The summed E-state index contributed by atoms with van der Waals surface area (Å²) in [7, 11) is 1.31. The Morgan fingerprint density at radius 2 is 1.84 bits per heavy atom. The normalized spacial score (nSPS) is 11.5. The van der Waals surface area contributed by atoms with Gasteiger partial charge in [0, 0.05) is 11.6 Å². The summed E-state index contributed by atoms with van der Waals surface area (Å²) >= 11 is 0. The maximum Gasteiger partial charge on any atom is 0.416 e. The van der Waals surface area contributed by atoms with Crippen LogP contribution in [0.5, 0.6) is 17.2 Å². The molecular formula is C15H11F3N2O5. The molecule has 0 saturated heterocycles. The molecule has 2 aromatic carbocycles. The van der Waals surface area contributed by atoms with Gasteiger partial charge in [0.05, 0.1) is 23.8 Å². The van der Waals surface area contributed by atoms with E-state index in [1.165, 1.54) is 25.3 Å². The van der Waals surface area contributed by atoms with Crippen LogP contribution in [0.2, 0.25) is 0 Å². The number of alkyl halides is 3. The van der Waals surface area contributed by atoms with Gasteiger partial charge in [-0.3, -0.25) is 10.1 Å². The van der Waals surface area contributed by atoms with Crippen molar-refractivity contribution in [2.45, 2.75) is 6.18 Å². The molecule has 0 aliphatic heterocycles. The summed E-state index contributed by atoms with van der Waals surface area (Å²) in [5.74, 6) is -0.188. The molecule has 0 spiro atoms. The molecule has 0 saturated carbocycles. The van der Waals surface area contributed by atoms with Crippen LogP contribution in [0.25, 0.3) is 0 Å². The van der Waals surface area contributed by atoms with Crippen LogP contribution < -0.4 is 9.47 Å². The maximum atomic E-state index is 12.7. The number of ether oxygens (including phenoxy) is 2. The van der Waals surface area contributed by atoms with E-state index in [-0.39, 0.29) is 17.2 Å². The number of hydrogen-bond acceptors (Lipinski definition) is 6. The minimum absolute atomic E-state index is 0.0421. The van der Waals surface area contributed by atoms with E-state index in [1.54, 1.807) is 0 Å². The predicted molar refractivity (Wildman–Crippen MR) is 80.5 cm³/mol. The number of nitro benzene ring substituents is 1. The molecule has 25 heavy (non-hydrogen) atoms. The first-order chi connectivity index (χ1) is 11.8. The van der Waals surface area contributed by atoms with E-state index >= 15 is 0 Å². The van der Waals surface area contributed by atoms with Crippen molar-refractivity contribution in [3.8, 4) is 17.2 Å². The first-order valence-corrected chi connectivity index (χ1v) is 6.65. The van der Waals surface area contributed by atoms with Crippen molar-refractivity contribution in [2.75, 3.05) is 7.11 Å². The molecule has 0 atom stereocenters. The van der Waals surface area contributed by atoms with E-state index in [0.29, 0.717) is 17.7 Å². The number of rotatable bonds is 5. The molecule has 10 heteroatoms. The number of benzene rings is 2. The summed E-state index contributed by atoms with van der Waals surface area (Å²) in [6.45, 7) is 0. The van der Waals surface area contributed by atoms with Crippen molar-refractivity contribution in [1.82, 2.24) is 0 Å². The summed E-state index contributed by atoms with van der Waals surface area (Å²) in [6, 6.07) is 6.20. The molecule has 0 aromatic heterocycles. The summed E-state index contributed by atoms with van der Waals surface area (Å²) in [6.07, 6.45) is -3.60. The van der Waals surface area contributed by atoms with Crippen molar-refractivity contribution in [3.63, 3.8) is 0 Å². The molecule has 0 aliphatic rings. The molecule has 0 bridgehead atoms. The SMILES string of the molecule is COc1cc(C=NO)ccc1Oc1ccc(C(F)(F)F)cc1[N+](=O)[O-]. The third kappa shape index (κ3) is 4.16. The van der Waals surface area contributed by atoms with E-state index in [9.17, 15) is 23.3 Å². The zero-order chi connectivity index (χ0) is 18.6. The number of oxime groups is 1. The molecule has 0 heterocycles. The molecule has 0 radical (unpaired) electrons. The van der Waals surface area contributed by atoms with Crippen LogP contribution in [-0.4, -0.2) is 23.5 Å². The summed E-state index contributed by atoms with van der Waals surface area (Å²) in [4.78, 5) is 10.1. The lowest BCUT2D eigenvalue weighted by Gasteiger charge is -2.12. The molecule has 0 amide bonds. The standard InChI is InChI=1S/C15H11F3N2O5/c1-24-14-6-9(8-19-21)2-4-13(14)25-12-5-3-10(15(16,17)18)7-11(12)20(22)23/h2-8,21H,1H3. The molecule has 132 valence electrons. The zero-order valence-electron chi connectivity index (χ0n) is 12.6. The van der Waals surface area contributed by atoms with Gasteiger partial charge in [-0.05, 0) is 30.3 Å². The second kappa shape index (κ2) is 7.07. The summed E-state index contributed by atoms with van der Waals surface area (Å²) in [5.41, 5.74) is -1.54. The van der Waals surface area contributed by atoms with Gasteiger partial charge in [0.15, 0.2) is 11.5 Å². The van der Waals surface area contributed by atoms with Crippen LogP contribution in [0.15, 0.2) is 41.6 Å². The Bertz CT molecular complexity index is 821. The van der Waals surface area contributed by atoms with E-state index < -0.39 is 22.4 Å². The summed E-state index contributed by atoms with van der Waals surface area (Å²) < 4.78 is 48.5. The molecule has 0 fully saturated rings. The number of halogens is 3.